The third kappa shape index (κ3) is 5.91. The van der Waals surface area contributed by atoms with E-state index >= 15 is 0 Å². The van der Waals surface area contributed by atoms with E-state index < -0.39 is 0 Å². The van der Waals surface area contributed by atoms with Crippen LogP contribution in [0.4, 0.5) is 17.1 Å². The lowest BCUT2D eigenvalue weighted by atomic mass is 9.93. The van der Waals surface area contributed by atoms with E-state index in [0.717, 1.165) is 66.6 Å². The Morgan fingerprint density at radius 2 is 0.897 bits per heavy atom. The highest BCUT2D eigenvalue weighted by atomic mass is 16.3. The van der Waals surface area contributed by atoms with Crippen LogP contribution >= 0.6 is 0 Å². The molecular formula is C56H37NO. The smallest absolute Gasteiger partial charge is 0.136 e. The average molecular weight is 740 g/mol. The summed E-state index contributed by atoms with van der Waals surface area (Å²) in [4.78, 5) is 2.41. The largest absolute Gasteiger partial charge is 0.456 e. The van der Waals surface area contributed by atoms with Crippen molar-refractivity contribution in [2.24, 2.45) is 0 Å². The lowest BCUT2D eigenvalue weighted by Gasteiger charge is -2.28. The molecule has 0 aliphatic carbocycles. The van der Waals surface area contributed by atoms with Gasteiger partial charge in [0.05, 0.1) is 5.69 Å². The van der Waals surface area contributed by atoms with E-state index in [1.807, 2.05) is 6.07 Å². The monoisotopic (exact) mass is 739 g/mol. The van der Waals surface area contributed by atoms with Crippen molar-refractivity contribution < 1.29 is 4.42 Å². The van der Waals surface area contributed by atoms with E-state index in [1.165, 1.54) is 38.4 Å². The van der Waals surface area contributed by atoms with Gasteiger partial charge in [-0.2, -0.15) is 0 Å². The highest BCUT2D eigenvalue weighted by Crippen LogP contribution is 2.46. The number of nitrogens with zero attached hydrogens (tertiary/aromatic N) is 1. The van der Waals surface area contributed by atoms with Crippen LogP contribution in [0.1, 0.15) is 0 Å². The molecular weight excluding hydrogens is 703 g/mol. The predicted octanol–water partition coefficient (Wildman–Crippen LogP) is 16.0. The Hall–Kier alpha value is -7.68. The van der Waals surface area contributed by atoms with Gasteiger partial charge in [-0.15, -0.1) is 0 Å². The molecule has 272 valence electrons. The molecule has 10 aromatic carbocycles. The zero-order valence-electron chi connectivity index (χ0n) is 31.7. The Kier molecular flexibility index (Phi) is 8.19. The van der Waals surface area contributed by atoms with Crippen molar-refractivity contribution in [3.8, 4) is 44.5 Å². The average Bonchev–Trinajstić information content (AvgIpc) is 3.69. The van der Waals surface area contributed by atoms with Gasteiger partial charge in [0, 0.05) is 27.7 Å². The fourth-order valence-electron chi connectivity index (χ4n) is 8.63. The molecule has 0 fully saturated rings. The number of hydrogen-bond donors (Lipinski definition) is 0. The van der Waals surface area contributed by atoms with Gasteiger partial charge in [-0.1, -0.05) is 170 Å². The van der Waals surface area contributed by atoms with Crippen LogP contribution in [0.15, 0.2) is 229 Å². The predicted molar refractivity (Wildman–Crippen MR) is 245 cm³/mol. The van der Waals surface area contributed by atoms with Gasteiger partial charge in [0.25, 0.3) is 0 Å². The van der Waals surface area contributed by atoms with Crippen LogP contribution in [-0.2, 0) is 0 Å². The highest BCUT2D eigenvalue weighted by molar-refractivity contribution is 6.23. The van der Waals surface area contributed by atoms with Gasteiger partial charge in [0.1, 0.15) is 11.2 Å². The Bertz CT molecular complexity index is 3270. The minimum absolute atomic E-state index is 0.880. The lowest BCUT2D eigenvalue weighted by Crippen LogP contribution is -2.11. The van der Waals surface area contributed by atoms with Crippen molar-refractivity contribution >= 4 is 60.5 Å². The zero-order valence-corrected chi connectivity index (χ0v) is 31.7. The number of rotatable bonds is 7. The van der Waals surface area contributed by atoms with Crippen LogP contribution in [0.2, 0.25) is 0 Å². The molecule has 0 N–H and O–H groups in total. The van der Waals surface area contributed by atoms with Crippen LogP contribution in [0, 0.1) is 0 Å². The minimum Gasteiger partial charge on any atom is -0.456 e. The second kappa shape index (κ2) is 14.1. The molecule has 1 heterocycles. The third-order valence-corrected chi connectivity index (χ3v) is 11.4. The molecule has 0 aliphatic rings. The Balaban J connectivity index is 1.15. The zero-order chi connectivity index (χ0) is 38.4. The molecule has 11 aromatic rings. The maximum absolute atomic E-state index is 6.65. The van der Waals surface area contributed by atoms with Crippen LogP contribution in [-0.4, -0.2) is 0 Å². The fraction of sp³-hybridized carbons (Fsp3) is 0. The van der Waals surface area contributed by atoms with Gasteiger partial charge >= 0.3 is 0 Å². The van der Waals surface area contributed by atoms with E-state index in [9.17, 15) is 0 Å². The van der Waals surface area contributed by atoms with Crippen molar-refractivity contribution in [1.29, 1.82) is 0 Å². The summed E-state index contributed by atoms with van der Waals surface area (Å²) >= 11 is 0. The van der Waals surface area contributed by atoms with Crippen molar-refractivity contribution in [2.45, 2.75) is 0 Å². The Morgan fingerprint density at radius 3 is 1.72 bits per heavy atom. The lowest BCUT2D eigenvalue weighted by molar-refractivity contribution is 0.669. The van der Waals surface area contributed by atoms with Gasteiger partial charge in [0.2, 0.25) is 0 Å². The molecule has 0 atom stereocenters. The first-order chi connectivity index (χ1) is 28.7. The molecule has 0 radical (unpaired) electrons. The van der Waals surface area contributed by atoms with E-state index in [-0.39, 0.29) is 0 Å². The standard InChI is InChI=1S/C56H37NO/c1-3-14-38(15-4-1)41-28-30-46(31-29-41)57(53-24-11-9-22-48(53)44-21-13-20-43(34-44)39-16-5-2-6-17-39)47-32-33-49-51(45-27-26-40-18-7-8-19-42(40)35-45)37-55-56(52(49)36-47)50-23-10-12-25-54(50)58-55/h1-37H. The van der Waals surface area contributed by atoms with Gasteiger partial charge in [-0.05, 0) is 115 Å². The molecule has 1 aromatic heterocycles. The first kappa shape index (κ1) is 33.6. The number of para-hydroxylation sites is 2. The SMILES string of the molecule is c1ccc(-c2ccc(N(c3ccc4c(-c5ccc6ccccc6c5)cc5oc6ccccc6c5c4c3)c3ccccc3-c3cccc(-c4ccccc4)c3)cc2)cc1. The molecule has 0 bridgehead atoms. The first-order valence-corrected chi connectivity index (χ1v) is 19.8. The van der Waals surface area contributed by atoms with Gasteiger partial charge in [-0.3, -0.25) is 0 Å². The van der Waals surface area contributed by atoms with Gasteiger partial charge < -0.3 is 9.32 Å². The van der Waals surface area contributed by atoms with Crippen LogP contribution in [0.5, 0.6) is 0 Å². The molecule has 0 spiro atoms. The minimum atomic E-state index is 0.880. The van der Waals surface area contributed by atoms with Gasteiger partial charge in [0.15, 0.2) is 0 Å². The fourth-order valence-corrected chi connectivity index (χ4v) is 8.63. The highest BCUT2D eigenvalue weighted by Gasteiger charge is 2.21. The summed E-state index contributed by atoms with van der Waals surface area (Å²) in [6, 6.07) is 80.7. The van der Waals surface area contributed by atoms with Gasteiger partial charge in [-0.25, -0.2) is 0 Å². The first-order valence-electron chi connectivity index (χ1n) is 19.8. The van der Waals surface area contributed by atoms with E-state index in [4.69, 9.17) is 4.42 Å². The molecule has 58 heavy (non-hydrogen) atoms. The molecule has 2 heteroatoms. The van der Waals surface area contributed by atoms with Crippen LogP contribution in [0.25, 0.3) is 88.0 Å². The summed E-state index contributed by atoms with van der Waals surface area (Å²) in [5, 5.41) is 7.01. The van der Waals surface area contributed by atoms with E-state index in [0.29, 0.717) is 0 Å². The summed E-state index contributed by atoms with van der Waals surface area (Å²) in [5.74, 6) is 0. The molecule has 0 amide bonds. The maximum Gasteiger partial charge on any atom is 0.136 e. The summed E-state index contributed by atoms with van der Waals surface area (Å²) < 4.78 is 6.65. The normalized spacial score (nSPS) is 11.4. The van der Waals surface area contributed by atoms with Crippen LogP contribution < -0.4 is 4.90 Å². The second-order valence-electron chi connectivity index (χ2n) is 14.9. The molecule has 0 saturated carbocycles. The molecule has 2 nitrogen and oxygen atoms in total. The molecule has 11 rings (SSSR count). The molecule has 0 unspecified atom stereocenters. The number of fused-ring (bicyclic) bond motifs is 6. The van der Waals surface area contributed by atoms with Crippen molar-refractivity contribution in [3.63, 3.8) is 0 Å². The molecule has 0 aliphatic heterocycles. The summed E-state index contributed by atoms with van der Waals surface area (Å²) in [5.41, 5.74) is 14.4. The molecule has 0 saturated heterocycles. The Morgan fingerprint density at radius 1 is 0.293 bits per heavy atom. The second-order valence-corrected chi connectivity index (χ2v) is 14.9. The van der Waals surface area contributed by atoms with E-state index in [2.05, 4.69) is 223 Å². The number of hydrogen-bond acceptors (Lipinski definition) is 2. The number of furan rings is 1. The topological polar surface area (TPSA) is 16.4 Å². The van der Waals surface area contributed by atoms with Crippen molar-refractivity contribution in [2.75, 3.05) is 4.90 Å². The van der Waals surface area contributed by atoms with Crippen molar-refractivity contribution in [3.05, 3.63) is 224 Å². The van der Waals surface area contributed by atoms with Crippen molar-refractivity contribution in [1.82, 2.24) is 0 Å². The summed E-state index contributed by atoms with van der Waals surface area (Å²) in [7, 11) is 0. The number of anilines is 3. The number of benzene rings is 10. The summed E-state index contributed by atoms with van der Waals surface area (Å²) in [6.45, 7) is 0. The maximum atomic E-state index is 6.65. The third-order valence-electron chi connectivity index (χ3n) is 11.4. The quantitative estimate of drug-likeness (QED) is 0.162. The van der Waals surface area contributed by atoms with Crippen LogP contribution in [0.3, 0.4) is 0 Å². The summed E-state index contributed by atoms with van der Waals surface area (Å²) in [6.07, 6.45) is 0. The van der Waals surface area contributed by atoms with E-state index in [1.54, 1.807) is 0 Å². The Labute approximate surface area is 337 Å².